The number of nitrogens with one attached hydrogen (secondary N) is 1. The number of urea groups is 1. The number of hydrogen-bond donors (Lipinski definition) is 1. The van der Waals surface area contributed by atoms with Gasteiger partial charge < -0.3 is 15.1 Å². The second-order valence-corrected chi connectivity index (χ2v) is 5.13. The summed E-state index contributed by atoms with van der Waals surface area (Å²) in [7, 11) is 1.91. The molecule has 2 aliphatic heterocycles. The van der Waals surface area contributed by atoms with Crippen molar-refractivity contribution in [2.45, 2.75) is 25.0 Å². The van der Waals surface area contributed by atoms with E-state index in [1.54, 1.807) is 0 Å². The number of hydrogen-bond acceptors (Lipinski definition) is 2. The SMILES string of the molecule is CN1C(=O)N(Cc2ccccc2)[C@H]2CCNC[C@H]21. The highest BCUT2D eigenvalue weighted by Crippen LogP contribution is 2.27. The fraction of sp³-hybridized carbons (Fsp3) is 0.500. The average molecular weight is 245 g/mol. The molecular formula is C14H19N3O. The lowest BCUT2D eigenvalue weighted by Gasteiger charge is -2.31. The Morgan fingerprint density at radius 1 is 1.28 bits per heavy atom. The Balaban J connectivity index is 1.80. The lowest BCUT2D eigenvalue weighted by Crippen LogP contribution is -2.49. The maximum atomic E-state index is 12.3. The van der Waals surface area contributed by atoms with Crippen molar-refractivity contribution in [1.29, 1.82) is 0 Å². The first-order chi connectivity index (χ1) is 8.77. The summed E-state index contributed by atoms with van der Waals surface area (Å²) in [4.78, 5) is 16.2. The number of likely N-dealkylation sites (N-methyl/N-ethyl adjacent to an activating group) is 1. The standard InChI is InChI=1S/C14H19N3O/c1-16-13-9-15-8-7-12(13)17(14(16)18)10-11-5-3-2-4-6-11/h2-6,12-13,15H,7-10H2,1H3/t12-,13+/m0/s1. The molecule has 3 rings (SSSR count). The van der Waals surface area contributed by atoms with E-state index >= 15 is 0 Å². The van der Waals surface area contributed by atoms with Gasteiger partial charge in [-0.05, 0) is 18.5 Å². The van der Waals surface area contributed by atoms with Crippen molar-refractivity contribution >= 4 is 6.03 Å². The number of nitrogens with zero attached hydrogens (tertiary/aromatic N) is 2. The summed E-state index contributed by atoms with van der Waals surface area (Å²) in [6.07, 6.45) is 1.05. The van der Waals surface area contributed by atoms with Gasteiger partial charge in [0.15, 0.2) is 0 Å². The predicted molar refractivity (Wildman–Crippen MR) is 70.2 cm³/mol. The molecular weight excluding hydrogens is 226 g/mol. The summed E-state index contributed by atoms with van der Waals surface area (Å²) >= 11 is 0. The molecule has 96 valence electrons. The zero-order chi connectivity index (χ0) is 12.5. The minimum Gasteiger partial charge on any atom is -0.321 e. The second kappa shape index (κ2) is 4.61. The van der Waals surface area contributed by atoms with Crippen LogP contribution in [0.2, 0.25) is 0 Å². The molecule has 2 amide bonds. The van der Waals surface area contributed by atoms with Crippen LogP contribution < -0.4 is 5.32 Å². The van der Waals surface area contributed by atoms with Gasteiger partial charge in [-0.3, -0.25) is 0 Å². The maximum absolute atomic E-state index is 12.3. The smallest absolute Gasteiger partial charge is 0.320 e. The summed E-state index contributed by atoms with van der Waals surface area (Å²) in [5.41, 5.74) is 1.21. The van der Waals surface area contributed by atoms with E-state index in [1.807, 2.05) is 35.0 Å². The molecule has 1 aromatic rings. The number of benzene rings is 1. The van der Waals surface area contributed by atoms with Crippen molar-refractivity contribution in [2.24, 2.45) is 0 Å². The largest absolute Gasteiger partial charge is 0.321 e. The summed E-state index contributed by atoms with van der Waals surface area (Å²) < 4.78 is 0. The highest BCUT2D eigenvalue weighted by atomic mass is 16.2. The van der Waals surface area contributed by atoms with E-state index in [2.05, 4.69) is 17.4 Å². The van der Waals surface area contributed by atoms with Gasteiger partial charge in [0.1, 0.15) is 0 Å². The normalized spacial score (nSPS) is 27.5. The zero-order valence-corrected chi connectivity index (χ0v) is 10.7. The van der Waals surface area contributed by atoms with Gasteiger partial charge in [-0.2, -0.15) is 0 Å². The van der Waals surface area contributed by atoms with Gasteiger partial charge in [-0.15, -0.1) is 0 Å². The van der Waals surface area contributed by atoms with Crippen LogP contribution in [0.3, 0.4) is 0 Å². The number of carbonyl (C=O) groups excluding carboxylic acids is 1. The summed E-state index contributed by atoms with van der Waals surface area (Å²) in [5.74, 6) is 0. The average Bonchev–Trinajstić information content (AvgIpc) is 2.66. The van der Waals surface area contributed by atoms with Crippen molar-refractivity contribution in [3.05, 3.63) is 35.9 Å². The summed E-state index contributed by atoms with van der Waals surface area (Å²) in [6, 6.07) is 11.1. The van der Waals surface area contributed by atoms with Crippen molar-refractivity contribution < 1.29 is 4.79 Å². The Kier molecular flexibility index (Phi) is 2.96. The Labute approximate surface area is 108 Å². The zero-order valence-electron chi connectivity index (χ0n) is 10.7. The van der Waals surface area contributed by atoms with Crippen molar-refractivity contribution in [3.63, 3.8) is 0 Å². The lowest BCUT2D eigenvalue weighted by molar-refractivity contribution is 0.186. The van der Waals surface area contributed by atoms with E-state index in [0.717, 1.165) is 26.1 Å². The number of amides is 2. The van der Waals surface area contributed by atoms with Crippen molar-refractivity contribution in [1.82, 2.24) is 15.1 Å². The highest BCUT2D eigenvalue weighted by Gasteiger charge is 2.44. The second-order valence-electron chi connectivity index (χ2n) is 5.13. The van der Waals surface area contributed by atoms with Gasteiger partial charge in [0.2, 0.25) is 0 Å². The van der Waals surface area contributed by atoms with Crippen LogP contribution in [-0.2, 0) is 6.54 Å². The molecule has 1 N–H and O–H groups in total. The first kappa shape index (κ1) is 11.5. The van der Waals surface area contributed by atoms with Gasteiger partial charge in [0.25, 0.3) is 0 Å². The third-order valence-electron chi connectivity index (χ3n) is 4.06. The minimum absolute atomic E-state index is 0.164. The Bertz CT molecular complexity index is 434. The third-order valence-corrected chi connectivity index (χ3v) is 4.06. The number of carbonyl (C=O) groups is 1. The first-order valence-corrected chi connectivity index (χ1v) is 6.55. The van der Waals surface area contributed by atoms with E-state index in [1.165, 1.54) is 5.56 Å². The van der Waals surface area contributed by atoms with Gasteiger partial charge >= 0.3 is 6.03 Å². The Hall–Kier alpha value is -1.55. The third kappa shape index (κ3) is 1.86. The molecule has 0 spiro atoms. The van der Waals surface area contributed by atoms with Gasteiger partial charge in [-0.25, -0.2) is 4.79 Å². The Morgan fingerprint density at radius 2 is 2.06 bits per heavy atom. The van der Waals surface area contributed by atoms with Crippen LogP contribution in [0.5, 0.6) is 0 Å². The molecule has 4 nitrogen and oxygen atoms in total. The van der Waals surface area contributed by atoms with Crippen molar-refractivity contribution in [2.75, 3.05) is 20.1 Å². The molecule has 1 aromatic carbocycles. The highest BCUT2D eigenvalue weighted by molar-refractivity contribution is 5.77. The number of fused-ring (bicyclic) bond motifs is 1. The molecule has 18 heavy (non-hydrogen) atoms. The van der Waals surface area contributed by atoms with E-state index < -0.39 is 0 Å². The molecule has 2 fully saturated rings. The predicted octanol–water partition coefficient (Wildman–Crippen LogP) is 1.28. The van der Waals surface area contributed by atoms with Crippen LogP contribution in [-0.4, -0.2) is 48.1 Å². The summed E-state index contributed by atoms with van der Waals surface area (Å²) in [5, 5.41) is 3.37. The van der Waals surface area contributed by atoms with Crippen LogP contribution in [0.15, 0.2) is 30.3 Å². The van der Waals surface area contributed by atoms with E-state index in [4.69, 9.17) is 0 Å². The number of rotatable bonds is 2. The Morgan fingerprint density at radius 3 is 2.83 bits per heavy atom. The van der Waals surface area contributed by atoms with Crippen LogP contribution in [0.4, 0.5) is 4.79 Å². The molecule has 4 heteroatoms. The van der Waals surface area contributed by atoms with E-state index in [-0.39, 0.29) is 6.03 Å². The fourth-order valence-corrected chi connectivity index (χ4v) is 3.04. The van der Waals surface area contributed by atoms with Crippen LogP contribution in [0.25, 0.3) is 0 Å². The molecule has 0 unspecified atom stereocenters. The summed E-state index contributed by atoms with van der Waals surface area (Å²) in [6.45, 7) is 2.65. The number of piperidine rings is 1. The monoisotopic (exact) mass is 245 g/mol. The molecule has 2 aliphatic rings. The minimum atomic E-state index is 0.164. The molecule has 2 saturated heterocycles. The maximum Gasteiger partial charge on any atom is 0.320 e. The topological polar surface area (TPSA) is 35.6 Å². The molecule has 2 atom stereocenters. The quantitative estimate of drug-likeness (QED) is 0.852. The molecule has 0 radical (unpaired) electrons. The lowest BCUT2D eigenvalue weighted by atomic mass is 10.0. The van der Waals surface area contributed by atoms with Crippen molar-refractivity contribution in [3.8, 4) is 0 Å². The van der Waals surface area contributed by atoms with Gasteiger partial charge in [0.05, 0.1) is 12.1 Å². The van der Waals surface area contributed by atoms with E-state index in [0.29, 0.717) is 12.1 Å². The molecule has 0 aliphatic carbocycles. The van der Waals surface area contributed by atoms with Gasteiger partial charge in [-0.1, -0.05) is 30.3 Å². The van der Waals surface area contributed by atoms with Crippen LogP contribution >= 0.6 is 0 Å². The van der Waals surface area contributed by atoms with Gasteiger partial charge in [0, 0.05) is 20.1 Å². The van der Waals surface area contributed by atoms with E-state index in [9.17, 15) is 4.79 Å². The molecule has 0 aromatic heterocycles. The molecule has 0 saturated carbocycles. The van der Waals surface area contributed by atoms with Crippen LogP contribution in [0.1, 0.15) is 12.0 Å². The molecule has 2 heterocycles. The fourth-order valence-electron chi connectivity index (χ4n) is 3.04. The van der Waals surface area contributed by atoms with Crippen LogP contribution in [0, 0.1) is 0 Å². The first-order valence-electron chi connectivity index (χ1n) is 6.55. The molecule has 0 bridgehead atoms.